The Balaban J connectivity index is 1.99. The minimum atomic E-state index is -0.246. The number of carbonyl (C=O) groups excluding carboxylic acids is 1. The minimum absolute atomic E-state index is 0.0270. The van der Waals surface area contributed by atoms with Gasteiger partial charge in [-0.1, -0.05) is 18.6 Å². The number of hydrogen-bond acceptors (Lipinski definition) is 3. The number of benzene rings is 1. The number of amides is 1. The molecule has 0 spiro atoms. The van der Waals surface area contributed by atoms with E-state index < -0.39 is 0 Å². The van der Waals surface area contributed by atoms with Crippen LogP contribution in [-0.2, 0) is 11.3 Å². The van der Waals surface area contributed by atoms with E-state index in [-0.39, 0.29) is 24.4 Å². The fraction of sp³-hybridized carbons (Fsp3) is 0.533. The van der Waals surface area contributed by atoms with Crippen LogP contribution in [-0.4, -0.2) is 41.7 Å². The van der Waals surface area contributed by atoms with Gasteiger partial charge < -0.3 is 10.4 Å². The van der Waals surface area contributed by atoms with Gasteiger partial charge >= 0.3 is 0 Å². The van der Waals surface area contributed by atoms with Gasteiger partial charge in [0.15, 0.2) is 0 Å². The van der Waals surface area contributed by atoms with E-state index >= 15 is 0 Å². The molecule has 2 rings (SSSR count). The maximum atomic E-state index is 12.9. The zero-order chi connectivity index (χ0) is 14.4. The summed E-state index contributed by atoms with van der Waals surface area (Å²) in [6.07, 6.45) is 2.95. The lowest BCUT2D eigenvalue weighted by Gasteiger charge is -2.34. The Kier molecular flexibility index (Phi) is 5.49. The molecule has 0 bridgehead atoms. The summed E-state index contributed by atoms with van der Waals surface area (Å²) >= 11 is 0. The summed E-state index contributed by atoms with van der Waals surface area (Å²) in [7, 11) is 0. The van der Waals surface area contributed by atoms with Crippen molar-refractivity contribution in [2.75, 3.05) is 19.7 Å². The SMILES string of the molecule is O=C(NCCO)C1CCCCN1Cc1ccc(F)cc1. The molecule has 5 heteroatoms. The predicted octanol–water partition coefficient (Wildman–Crippen LogP) is 1.29. The highest BCUT2D eigenvalue weighted by molar-refractivity contribution is 5.81. The Hall–Kier alpha value is -1.46. The van der Waals surface area contributed by atoms with Crippen molar-refractivity contribution in [1.82, 2.24) is 10.2 Å². The third kappa shape index (κ3) is 4.02. The molecule has 110 valence electrons. The Bertz CT molecular complexity index is 436. The highest BCUT2D eigenvalue weighted by Gasteiger charge is 2.28. The minimum Gasteiger partial charge on any atom is -0.395 e. The summed E-state index contributed by atoms with van der Waals surface area (Å²) < 4.78 is 12.9. The Morgan fingerprint density at radius 1 is 1.35 bits per heavy atom. The predicted molar refractivity (Wildman–Crippen MR) is 74.5 cm³/mol. The topological polar surface area (TPSA) is 52.6 Å². The molecule has 1 aliphatic heterocycles. The monoisotopic (exact) mass is 280 g/mol. The van der Waals surface area contributed by atoms with Gasteiger partial charge in [0.25, 0.3) is 0 Å². The van der Waals surface area contributed by atoms with E-state index in [9.17, 15) is 9.18 Å². The van der Waals surface area contributed by atoms with Crippen LogP contribution in [0.2, 0.25) is 0 Å². The molecule has 1 fully saturated rings. The van der Waals surface area contributed by atoms with Gasteiger partial charge in [-0.2, -0.15) is 0 Å². The van der Waals surface area contributed by atoms with E-state index in [1.807, 2.05) is 0 Å². The summed E-state index contributed by atoms with van der Waals surface area (Å²) in [6.45, 7) is 1.77. The molecule has 1 aliphatic rings. The molecule has 1 aromatic rings. The fourth-order valence-corrected chi connectivity index (χ4v) is 2.60. The third-order valence-corrected chi connectivity index (χ3v) is 3.63. The highest BCUT2D eigenvalue weighted by atomic mass is 19.1. The van der Waals surface area contributed by atoms with Gasteiger partial charge in [0.2, 0.25) is 5.91 Å². The van der Waals surface area contributed by atoms with Crippen LogP contribution in [0.4, 0.5) is 4.39 Å². The Labute approximate surface area is 118 Å². The molecule has 0 aromatic heterocycles. The maximum Gasteiger partial charge on any atom is 0.237 e. The van der Waals surface area contributed by atoms with E-state index in [1.54, 1.807) is 12.1 Å². The maximum absolute atomic E-state index is 12.9. The lowest BCUT2D eigenvalue weighted by Crippen LogP contribution is -2.49. The van der Waals surface area contributed by atoms with Crippen LogP contribution in [0.25, 0.3) is 0 Å². The summed E-state index contributed by atoms with van der Waals surface area (Å²) in [5, 5.41) is 11.5. The zero-order valence-electron chi connectivity index (χ0n) is 11.5. The normalized spacial score (nSPS) is 19.8. The van der Waals surface area contributed by atoms with Crippen LogP contribution in [0.1, 0.15) is 24.8 Å². The summed E-state index contributed by atoms with van der Waals surface area (Å²) in [4.78, 5) is 14.2. The van der Waals surface area contributed by atoms with Gasteiger partial charge in [0.1, 0.15) is 5.82 Å². The number of halogens is 1. The molecule has 20 heavy (non-hydrogen) atoms. The van der Waals surface area contributed by atoms with Crippen LogP contribution in [0.5, 0.6) is 0 Å². The van der Waals surface area contributed by atoms with Gasteiger partial charge in [0, 0.05) is 13.1 Å². The first-order valence-electron chi connectivity index (χ1n) is 7.08. The molecule has 1 aromatic carbocycles. The van der Waals surface area contributed by atoms with E-state index in [1.165, 1.54) is 12.1 Å². The molecular formula is C15H21FN2O2. The molecular weight excluding hydrogens is 259 g/mol. The highest BCUT2D eigenvalue weighted by Crippen LogP contribution is 2.20. The van der Waals surface area contributed by atoms with Gasteiger partial charge in [-0.25, -0.2) is 4.39 Å². The molecule has 1 unspecified atom stereocenters. The van der Waals surface area contributed by atoms with Gasteiger partial charge in [0.05, 0.1) is 12.6 Å². The average molecular weight is 280 g/mol. The van der Waals surface area contributed by atoms with Crippen molar-refractivity contribution in [1.29, 1.82) is 0 Å². The first kappa shape index (κ1) is 14.9. The summed E-state index contributed by atoms with van der Waals surface area (Å²) in [6, 6.07) is 6.25. The number of nitrogens with one attached hydrogen (secondary N) is 1. The average Bonchev–Trinajstić information content (AvgIpc) is 2.48. The standard InChI is InChI=1S/C15H21FN2O2/c16-13-6-4-12(5-7-13)11-18-9-2-1-3-14(18)15(20)17-8-10-19/h4-7,14,19H,1-3,8-11H2,(H,17,20). The lowest BCUT2D eigenvalue weighted by atomic mass is 10.0. The Morgan fingerprint density at radius 2 is 2.10 bits per heavy atom. The van der Waals surface area contributed by atoms with Crippen LogP contribution < -0.4 is 5.32 Å². The Morgan fingerprint density at radius 3 is 2.80 bits per heavy atom. The number of nitrogens with zero attached hydrogens (tertiary/aromatic N) is 1. The van der Waals surface area contributed by atoms with E-state index in [2.05, 4.69) is 10.2 Å². The quantitative estimate of drug-likeness (QED) is 0.854. The summed E-state index contributed by atoms with van der Waals surface area (Å²) in [5.74, 6) is -0.273. The van der Waals surface area contributed by atoms with Crippen LogP contribution in [0.3, 0.4) is 0 Å². The number of carbonyl (C=O) groups is 1. The number of aliphatic hydroxyl groups is 1. The second kappa shape index (κ2) is 7.36. The van der Waals surface area contributed by atoms with Crippen LogP contribution >= 0.6 is 0 Å². The van der Waals surface area contributed by atoms with E-state index in [0.29, 0.717) is 13.1 Å². The number of rotatable bonds is 5. The molecule has 0 radical (unpaired) electrons. The fourth-order valence-electron chi connectivity index (χ4n) is 2.60. The van der Waals surface area contributed by atoms with E-state index in [0.717, 1.165) is 31.4 Å². The van der Waals surface area contributed by atoms with Crippen molar-refractivity contribution >= 4 is 5.91 Å². The number of likely N-dealkylation sites (tertiary alicyclic amines) is 1. The molecule has 0 saturated carbocycles. The second-order valence-electron chi connectivity index (χ2n) is 5.12. The zero-order valence-corrected chi connectivity index (χ0v) is 11.5. The molecule has 2 N–H and O–H groups in total. The molecule has 4 nitrogen and oxygen atoms in total. The van der Waals surface area contributed by atoms with Crippen LogP contribution in [0.15, 0.2) is 24.3 Å². The van der Waals surface area contributed by atoms with Gasteiger partial charge in [-0.05, 0) is 37.1 Å². The third-order valence-electron chi connectivity index (χ3n) is 3.63. The molecule has 0 aliphatic carbocycles. The second-order valence-corrected chi connectivity index (χ2v) is 5.12. The first-order valence-corrected chi connectivity index (χ1v) is 7.08. The molecule has 1 atom stereocenters. The molecule has 1 amide bonds. The van der Waals surface area contributed by atoms with Crippen molar-refractivity contribution in [3.63, 3.8) is 0 Å². The number of hydrogen-bond donors (Lipinski definition) is 2. The van der Waals surface area contributed by atoms with Crippen molar-refractivity contribution in [3.8, 4) is 0 Å². The molecule has 1 saturated heterocycles. The van der Waals surface area contributed by atoms with Crippen molar-refractivity contribution in [2.24, 2.45) is 0 Å². The smallest absolute Gasteiger partial charge is 0.237 e. The lowest BCUT2D eigenvalue weighted by molar-refractivity contribution is -0.128. The first-order chi connectivity index (χ1) is 9.70. The molecule has 1 heterocycles. The number of aliphatic hydroxyl groups excluding tert-OH is 1. The van der Waals surface area contributed by atoms with Gasteiger partial charge in [-0.15, -0.1) is 0 Å². The van der Waals surface area contributed by atoms with Crippen molar-refractivity contribution in [3.05, 3.63) is 35.6 Å². The van der Waals surface area contributed by atoms with Crippen molar-refractivity contribution in [2.45, 2.75) is 31.8 Å². The van der Waals surface area contributed by atoms with E-state index in [4.69, 9.17) is 5.11 Å². The largest absolute Gasteiger partial charge is 0.395 e. The summed E-state index contributed by atoms with van der Waals surface area (Å²) in [5.41, 5.74) is 1.01. The van der Waals surface area contributed by atoms with Crippen molar-refractivity contribution < 1.29 is 14.3 Å². The van der Waals surface area contributed by atoms with Crippen LogP contribution in [0, 0.1) is 5.82 Å². The van der Waals surface area contributed by atoms with Gasteiger partial charge in [-0.3, -0.25) is 9.69 Å². The number of piperidine rings is 1.